The first-order chi connectivity index (χ1) is 5.72. The Labute approximate surface area is 93.5 Å². The molecule has 0 spiro atoms. The third-order valence-electron chi connectivity index (χ3n) is 0.887. The summed E-state index contributed by atoms with van der Waals surface area (Å²) in [6, 6.07) is 5.13. The van der Waals surface area contributed by atoms with Crippen LogP contribution in [0.4, 0.5) is 4.39 Å². The van der Waals surface area contributed by atoms with Crippen LogP contribution in [0.3, 0.4) is 0 Å². The molecular weight excluding hydrogens is 247 g/mol. The summed E-state index contributed by atoms with van der Waals surface area (Å²) in [4.78, 5) is 0. The number of aliphatic hydroxyl groups is 1. The average molecular weight is 257 g/mol. The molecule has 0 saturated carbocycles. The van der Waals surface area contributed by atoms with Crippen molar-refractivity contribution in [3.05, 3.63) is 29.0 Å². The smallest absolute Gasteiger partial charge is 0.142 e. The van der Waals surface area contributed by atoms with Gasteiger partial charge in [-0.2, -0.15) is 4.73 Å². The SMILES string of the molecule is OCCF.On1ccccc1=S.[Zn]. The van der Waals surface area contributed by atoms with E-state index in [-0.39, 0.29) is 26.1 Å². The van der Waals surface area contributed by atoms with Crippen LogP contribution in [0.1, 0.15) is 0 Å². The van der Waals surface area contributed by atoms with Crippen molar-refractivity contribution in [2.45, 2.75) is 0 Å². The monoisotopic (exact) mass is 255 g/mol. The summed E-state index contributed by atoms with van der Waals surface area (Å²) in [5.41, 5.74) is 0. The van der Waals surface area contributed by atoms with Crippen LogP contribution in [-0.2, 0) is 19.5 Å². The van der Waals surface area contributed by atoms with Gasteiger partial charge in [-0.05, 0) is 12.1 Å². The Morgan fingerprint density at radius 1 is 1.46 bits per heavy atom. The number of nitrogens with zero attached hydrogens (tertiary/aromatic N) is 1. The van der Waals surface area contributed by atoms with Crippen LogP contribution in [-0.4, -0.2) is 28.3 Å². The van der Waals surface area contributed by atoms with Crippen molar-refractivity contribution in [1.82, 2.24) is 4.73 Å². The first kappa shape index (κ1) is 15.2. The standard InChI is InChI=1S/C5H5NOS.C2H5FO.Zn/c7-6-4-2-1-3-5(6)8;3-1-2-4;/h1-4,7H;4H,1-2H2;. The molecule has 1 heterocycles. The Morgan fingerprint density at radius 3 is 2.23 bits per heavy atom. The molecule has 0 atom stereocenters. The summed E-state index contributed by atoms with van der Waals surface area (Å²) in [5.74, 6) is 0. The summed E-state index contributed by atoms with van der Waals surface area (Å²) in [6.45, 7) is -0.972. The molecule has 0 unspecified atom stereocenters. The molecular formula is C7H10FNO2SZn. The normalized spacial score (nSPS) is 7.85. The van der Waals surface area contributed by atoms with Crippen molar-refractivity contribution in [1.29, 1.82) is 0 Å². The number of rotatable bonds is 1. The predicted octanol–water partition coefficient (Wildman–Crippen LogP) is 1.40. The van der Waals surface area contributed by atoms with Gasteiger partial charge in [-0.25, -0.2) is 4.39 Å². The van der Waals surface area contributed by atoms with E-state index < -0.39 is 6.67 Å². The van der Waals surface area contributed by atoms with E-state index in [1.54, 1.807) is 18.2 Å². The number of aromatic nitrogens is 1. The maximum Gasteiger partial charge on any atom is 0.142 e. The summed E-state index contributed by atoms with van der Waals surface area (Å²) in [6.07, 6.45) is 1.49. The number of hydrogen-bond donors (Lipinski definition) is 2. The summed E-state index contributed by atoms with van der Waals surface area (Å²) >= 11 is 4.67. The van der Waals surface area contributed by atoms with E-state index in [2.05, 4.69) is 12.2 Å². The van der Waals surface area contributed by atoms with Crippen molar-refractivity contribution in [2.24, 2.45) is 0 Å². The number of aliphatic hydroxyl groups excluding tert-OH is 1. The Bertz CT molecular complexity index is 267. The van der Waals surface area contributed by atoms with Crippen LogP contribution < -0.4 is 0 Å². The van der Waals surface area contributed by atoms with E-state index in [9.17, 15) is 4.39 Å². The number of halogens is 1. The van der Waals surface area contributed by atoms with Gasteiger partial charge in [0.2, 0.25) is 0 Å². The predicted molar refractivity (Wildman–Crippen MR) is 45.5 cm³/mol. The molecule has 0 aromatic carbocycles. The van der Waals surface area contributed by atoms with Crippen molar-refractivity contribution in [3.63, 3.8) is 0 Å². The molecule has 1 aromatic heterocycles. The van der Waals surface area contributed by atoms with Crippen LogP contribution in [0, 0.1) is 4.64 Å². The minimum atomic E-state index is -0.625. The minimum absolute atomic E-state index is 0. The van der Waals surface area contributed by atoms with Crippen LogP contribution in [0.25, 0.3) is 0 Å². The second-order valence-corrected chi connectivity index (χ2v) is 2.21. The molecule has 0 aliphatic carbocycles. The number of hydrogen-bond acceptors (Lipinski definition) is 3. The van der Waals surface area contributed by atoms with E-state index in [0.717, 1.165) is 4.73 Å². The first-order valence-corrected chi connectivity index (χ1v) is 3.67. The fourth-order valence-corrected chi connectivity index (χ4v) is 0.558. The van der Waals surface area contributed by atoms with Gasteiger partial charge in [0.05, 0.1) is 6.61 Å². The third-order valence-corrected chi connectivity index (χ3v) is 1.21. The third kappa shape index (κ3) is 8.03. The van der Waals surface area contributed by atoms with E-state index in [1.165, 1.54) is 6.20 Å². The van der Waals surface area contributed by atoms with Gasteiger partial charge in [-0.3, -0.25) is 0 Å². The van der Waals surface area contributed by atoms with Crippen LogP contribution in [0.5, 0.6) is 0 Å². The van der Waals surface area contributed by atoms with Crippen LogP contribution in [0.15, 0.2) is 24.4 Å². The number of alkyl halides is 1. The Balaban J connectivity index is 0. The molecule has 6 heteroatoms. The minimum Gasteiger partial charge on any atom is -0.428 e. The Morgan fingerprint density at radius 2 is 2.00 bits per heavy atom. The molecule has 0 saturated heterocycles. The quantitative estimate of drug-likeness (QED) is 0.454. The molecule has 1 rings (SSSR count). The van der Waals surface area contributed by atoms with Crippen LogP contribution in [0.2, 0.25) is 0 Å². The van der Waals surface area contributed by atoms with Crippen LogP contribution >= 0.6 is 12.2 Å². The van der Waals surface area contributed by atoms with Gasteiger partial charge in [0.25, 0.3) is 0 Å². The van der Waals surface area contributed by atoms with Gasteiger partial charge < -0.3 is 10.3 Å². The fourth-order valence-electron chi connectivity index (χ4n) is 0.419. The molecule has 0 aliphatic heterocycles. The van der Waals surface area contributed by atoms with Crippen molar-refractivity contribution in [3.8, 4) is 0 Å². The van der Waals surface area contributed by atoms with Gasteiger partial charge in [0.1, 0.15) is 11.3 Å². The van der Waals surface area contributed by atoms with E-state index in [1.807, 2.05) is 0 Å². The van der Waals surface area contributed by atoms with Gasteiger partial charge >= 0.3 is 0 Å². The molecule has 13 heavy (non-hydrogen) atoms. The average Bonchev–Trinajstić information content (AvgIpc) is 2.11. The molecule has 1 aromatic rings. The number of pyridine rings is 1. The molecule has 0 fully saturated rings. The molecule has 0 bridgehead atoms. The van der Waals surface area contributed by atoms with E-state index in [0.29, 0.717) is 4.64 Å². The molecule has 0 aliphatic rings. The summed E-state index contributed by atoms with van der Waals surface area (Å²) < 4.78 is 11.8. The fraction of sp³-hybridized carbons (Fsp3) is 0.286. The second-order valence-electron chi connectivity index (χ2n) is 1.80. The molecule has 0 radical (unpaired) electrons. The first-order valence-electron chi connectivity index (χ1n) is 3.26. The second kappa shape index (κ2) is 9.77. The summed E-state index contributed by atoms with van der Waals surface area (Å²) in [5, 5.41) is 16.2. The topological polar surface area (TPSA) is 45.4 Å². The van der Waals surface area contributed by atoms with E-state index >= 15 is 0 Å². The van der Waals surface area contributed by atoms with Gasteiger partial charge in [-0.1, -0.05) is 18.3 Å². The zero-order chi connectivity index (χ0) is 9.40. The molecule has 0 amide bonds. The molecule has 70 valence electrons. The zero-order valence-corrected chi connectivity index (χ0v) is 10.8. The van der Waals surface area contributed by atoms with Gasteiger partial charge in [0, 0.05) is 25.7 Å². The van der Waals surface area contributed by atoms with Crippen molar-refractivity contribution < 1.29 is 34.2 Å². The Hall–Kier alpha value is -0.317. The van der Waals surface area contributed by atoms with Gasteiger partial charge in [-0.15, -0.1) is 0 Å². The Kier molecular flexibility index (Phi) is 11.4. The van der Waals surface area contributed by atoms with Gasteiger partial charge in [0.15, 0.2) is 0 Å². The van der Waals surface area contributed by atoms with Crippen molar-refractivity contribution in [2.75, 3.05) is 13.3 Å². The zero-order valence-electron chi connectivity index (χ0n) is 7.06. The largest absolute Gasteiger partial charge is 0.428 e. The summed E-state index contributed by atoms with van der Waals surface area (Å²) in [7, 11) is 0. The van der Waals surface area contributed by atoms with E-state index in [4.69, 9.17) is 10.3 Å². The molecule has 3 nitrogen and oxygen atoms in total. The molecule has 2 N–H and O–H groups in total. The van der Waals surface area contributed by atoms with Crippen molar-refractivity contribution >= 4 is 12.2 Å². The maximum absolute atomic E-state index is 10.5. The maximum atomic E-state index is 10.5.